The molecule has 4 nitrogen and oxygen atoms in total. The Hall–Kier alpha value is -2.71. The number of thiophene rings is 1. The summed E-state index contributed by atoms with van der Waals surface area (Å²) in [5.74, 6) is 0.967. The van der Waals surface area contributed by atoms with Crippen LogP contribution in [0, 0.1) is 13.8 Å². The number of nitrogens with zero attached hydrogens (tertiary/aromatic N) is 2. The normalized spacial score (nSPS) is 11.4. The molecule has 2 aromatic carbocycles. The topological polar surface area (TPSA) is 54.7 Å². The molecule has 166 valence electrons. The molecule has 0 aliphatic rings. The first-order valence-electron chi connectivity index (χ1n) is 10.9. The van der Waals surface area contributed by atoms with E-state index in [1.807, 2.05) is 30.3 Å². The maximum Gasteiger partial charge on any atom is 0.248 e. The van der Waals surface area contributed by atoms with Crippen molar-refractivity contribution in [3.63, 3.8) is 0 Å². The van der Waals surface area contributed by atoms with Gasteiger partial charge in [-0.3, -0.25) is 0 Å². The lowest BCUT2D eigenvalue weighted by molar-refractivity contribution is 0.554. The average molecular weight is 565 g/mol. The molecule has 5 rings (SSSR count). The van der Waals surface area contributed by atoms with E-state index in [0.717, 1.165) is 38.1 Å². The Balaban J connectivity index is 1.52. The Bertz CT molecular complexity index is 1420. The Morgan fingerprint density at radius 3 is 2.52 bits per heavy atom. The molecule has 5 aromatic rings. The summed E-state index contributed by atoms with van der Waals surface area (Å²) in [6, 6.07) is 18.8. The van der Waals surface area contributed by atoms with Crippen LogP contribution < -0.4 is 0 Å². The highest BCUT2D eigenvalue weighted by atomic mass is 127. The highest BCUT2D eigenvalue weighted by Gasteiger charge is 2.20. The van der Waals surface area contributed by atoms with Gasteiger partial charge in [0.2, 0.25) is 11.8 Å². The SMILES string of the molecule is C=C(c1nnc(-c2ccccc2)o1)c1cc2c(CCCI)c(-c3cc(C)cc(C)c3)[nH]c2s1. The van der Waals surface area contributed by atoms with Crippen LogP contribution in [0.4, 0.5) is 0 Å². The van der Waals surface area contributed by atoms with Crippen molar-refractivity contribution in [2.45, 2.75) is 26.7 Å². The van der Waals surface area contributed by atoms with Gasteiger partial charge >= 0.3 is 0 Å². The van der Waals surface area contributed by atoms with Crippen LogP contribution in [0.25, 0.3) is 38.5 Å². The first-order valence-corrected chi connectivity index (χ1v) is 13.3. The third kappa shape index (κ3) is 4.42. The minimum absolute atomic E-state index is 0.459. The monoisotopic (exact) mass is 565 g/mol. The number of alkyl halides is 1. The first-order chi connectivity index (χ1) is 16.0. The van der Waals surface area contributed by atoms with E-state index in [2.05, 4.69) is 82.5 Å². The van der Waals surface area contributed by atoms with Gasteiger partial charge in [0.05, 0.1) is 5.69 Å². The summed E-state index contributed by atoms with van der Waals surface area (Å²) in [5, 5.41) is 9.74. The van der Waals surface area contributed by atoms with E-state index in [-0.39, 0.29) is 0 Å². The highest BCUT2D eigenvalue weighted by molar-refractivity contribution is 14.1. The Morgan fingerprint density at radius 2 is 1.79 bits per heavy atom. The van der Waals surface area contributed by atoms with Crippen molar-refractivity contribution in [1.29, 1.82) is 0 Å². The van der Waals surface area contributed by atoms with Crippen LogP contribution in [0.1, 0.15) is 33.9 Å². The van der Waals surface area contributed by atoms with Crippen LogP contribution in [0.5, 0.6) is 0 Å². The zero-order valence-electron chi connectivity index (χ0n) is 18.6. The molecule has 0 bridgehead atoms. The molecule has 0 saturated heterocycles. The number of hydrogen-bond acceptors (Lipinski definition) is 4. The van der Waals surface area contributed by atoms with Crippen LogP contribution in [0.15, 0.2) is 65.6 Å². The van der Waals surface area contributed by atoms with Crippen molar-refractivity contribution < 1.29 is 4.42 Å². The van der Waals surface area contributed by atoms with Crippen LogP contribution in [0.3, 0.4) is 0 Å². The number of benzene rings is 2. The predicted molar refractivity (Wildman–Crippen MR) is 146 cm³/mol. The van der Waals surface area contributed by atoms with E-state index in [4.69, 9.17) is 4.42 Å². The minimum atomic E-state index is 0.459. The highest BCUT2D eigenvalue weighted by Crippen LogP contribution is 2.39. The van der Waals surface area contributed by atoms with E-state index in [1.165, 1.54) is 33.3 Å². The number of aromatic amines is 1. The fourth-order valence-corrected chi connectivity index (χ4v) is 5.63. The lowest BCUT2D eigenvalue weighted by atomic mass is 9.99. The van der Waals surface area contributed by atoms with Crippen LogP contribution >= 0.6 is 33.9 Å². The first kappa shape index (κ1) is 22.1. The third-order valence-corrected chi connectivity index (χ3v) is 7.54. The van der Waals surface area contributed by atoms with Gasteiger partial charge in [0.15, 0.2) is 0 Å². The maximum absolute atomic E-state index is 5.95. The summed E-state index contributed by atoms with van der Waals surface area (Å²) in [5.41, 5.74) is 8.08. The van der Waals surface area contributed by atoms with Gasteiger partial charge in [0.25, 0.3) is 0 Å². The van der Waals surface area contributed by atoms with Crippen LogP contribution in [-0.4, -0.2) is 19.6 Å². The van der Waals surface area contributed by atoms with Gasteiger partial charge < -0.3 is 9.40 Å². The Labute approximate surface area is 210 Å². The van der Waals surface area contributed by atoms with Gasteiger partial charge in [0.1, 0.15) is 4.83 Å². The minimum Gasteiger partial charge on any atom is -0.416 e. The quantitative estimate of drug-likeness (QED) is 0.161. The fraction of sp³-hybridized carbons (Fsp3) is 0.185. The smallest absolute Gasteiger partial charge is 0.248 e. The maximum atomic E-state index is 5.95. The molecule has 0 amide bonds. The van der Waals surface area contributed by atoms with E-state index in [1.54, 1.807) is 11.3 Å². The fourth-order valence-electron chi connectivity index (χ4n) is 4.20. The number of nitrogens with one attached hydrogen (secondary N) is 1. The van der Waals surface area contributed by atoms with Crippen molar-refractivity contribution in [3.8, 4) is 22.7 Å². The number of aromatic nitrogens is 3. The molecule has 6 heteroatoms. The molecule has 0 aliphatic heterocycles. The molecular weight excluding hydrogens is 541 g/mol. The average Bonchev–Trinajstić information content (AvgIpc) is 3.52. The van der Waals surface area contributed by atoms with Crippen molar-refractivity contribution >= 4 is 49.7 Å². The van der Waals surface area contributed by atoms with E-state index < -0.39 is 0 Å². The molecule has 0 fully saturated rings. The summed E-state index contributed by atoms with van der Waals surface area (Å²) in [4.78, 5) is 5.91. The Kier molecular flexibility index (Phi) is 6.21. The summed E-state index contributed by atoms with van der Waals surface area (Å²) >= 11 is 4.15. The van der Waals surface area contributed by atoms with Crippen molar-refractivity contribution in [1.82, 2.24) is 15.2 Å². The zero-order chi connectivity index (χ0) is 22.9. The van der Waals surface area contributed by atoms with Crippen molar-refractivity contribution in [2.24, 2.45) is 0 Å². The second-order valence-corrected chi connectivity index (χ2v) is 10.4. The summed E-state index contributed by atoms with van der Waals surface area (Å²) in [6.45, 7) is 8.58. The van der Waals surface area contributed by atoms with E-state index in [9.17, 15) is 0 Å². The van der Waals surface area contributed by atoms with Gasteiger partial charge in [-0.25, -0.2) is 0 Å². The third-order valence-electron chi connectivity index (χ3n) is 5.67. The molecule has 0 aliphatic carbocycles. The van der Waals surface area contributed by atoms with Crippen molar-refractivity contribution in [2.75, 3.05) is 4.43 Å². The number of fused-ring (bicyclic) bond motifs is 1. The van der Waals surface area contributed by atoms with Crippen molar-refractivity contribution in [3.05, 3.63) is 88.6 Å². The molecule has 33 heavy (non-hydrogen) atoms. The number of hydrogen-bond donors (Lipinski definition) is 1. The summed E-state index contributed by atoms with van der Waals surface area (Å²) in [7, 11) is 0. The standard InChI is InChI=1S/C27H24IN3OS/c1-16-12-17(2)14-20(13-16)24-21(10-7-11-28)22-15-23(33-27(22)29-24)18(3)25-30-31-26(32-25)19-8-5-4-6-9-19/h4-6,8-9,12-15,29H,3,7,10-11H2,1-2H3. The molecule has 0 atom stereocenters. The predicted octanol–water partition coefficient (Wildman–Crippen LogP) is 7.99. The van der Waals surface area contributed by atoms with Gasteiger partial charge in [-0.05, 0) is 72.6 Å². The molecule has 0 radical (unpaired) electrons. The largest absolute Gasteiger partial charge is 0.416 e. The molecule has 3 heterocycles. The lowest BCUT2D eigenvalue weighted by Gasteiger charge is -2.07. The van der Waals surface area contributed by atoms with Gasteiger partial charge in [0, 0.05) is 21.4 Å². The van der Waals surface area contributed by atoms with E-state index in [0.29, 0.717) is 11.8 Å². The second kappa shape index (κ2) is 9.27. The number of aryl methyl sites for hydroxylation is 3. The summed E-state index contributed by atoms with van der Waals surface area (Å²) < 4.78 is 7.08. The molecule has 0 spiro atoms. The van der Waals surface area contributed by atoms with Gasteiger partial charge in [-0.15, -0.1) is 21.5 Å². The van der Waals surface area contributed by atoms with E-state index >= 15 is 0 Å². The van der Waals surface area contributed by atoms with Gasteiger partial charge in [-0.1, -0.05) is 64.6 Å². The molecule has 0 unspecified atom stereocenters. The molecule has 0 saturated carbocycles. The lowest BCUT2D eigenvalue weighted by Crippen LogP contribution is -1.91. The zero-order valence-corrected chi connectivity index (χ0v) is 21.6. The van der Waals surface area contributed by atoms with Crippen LogP contribution in [-0.2, 0) is 6.42 Å². The number of rotatable bonds is 7. The second-order valence-electron chi connectivity index (χ2n) is 8.26. The van der Waals surface area contributed by atoms with Crippen LogP contribution in [0.2, 0.25) is 0 Å². The van der Waals surface area contributed by atoms with Gasteiger partial charge in [-0.2, -0.15) is 0 Å². The number of H-pyrrole nitrogens is 1. The molecular formula is C27H24IN3OS. The summed E-state index contributed by atoms with van der Waals surface area (Å²) in [6.07, 6.45) is 2.17. The number of halogens is 1. The Morgan fingerprint density at radius 1 is 1.03 bits per heavy atom. The molecule has 1 N–H and O–H groups in total. The molecule has 3 aromatic heterocycles.